The number of nitrogens with one attached hydrogen (secondary N) is 1. The van der Waals surface area contributed by atoms with Gasteiger partial charge in [-0.3, -0.25) is 4.79 Å². The zero-order valence-electron chi connectivity index (χ0n) is 8.64. The monoisotopic (exact) mass is 233 g/mol. The van der Waals surface area contributed by atoms with E-state index in [1.807, 2.05) is 5.32 Å². The van der Waals surface area contributed by atoms with Crippen molar-refractivity contribution in [2.24, 2.45) is 0 Å². The summed E-state index contributed by atoms with van der Waals surface area (Å²) in [7, 11) is 0. The largest absolute Gasteiger partial charge is 0.381 e. The van der Waals surface area contributed by atoms with E-state index in [9.17, 15) is 23.1 Å². The van der Waals surface area contributed by atoms with Crippen LogP contribution in [0, 0.1) is 17.5 Å². The van der Waals surface area contributed by atoms with Gasteiger partial charge in [-0.1, -0.05) is 0 Å². The minimum Gasteiger partial charge on any atom is -0.381 e. The quantitative estimate of drug-likeness (QED) is 0.765. The summed E-state index contributed by atoms with van der Waals surface area (Å²) in [6, 6.07) is 1.55. The van der Waals surface area contributed by atoms with Crippen LogP contribution < -0.4 is 5.32 Å². The van der Waals surface area contributed by atoms with Crippen molar-refractivity contribution in [1.29, 1.82) is 0 Å². The van der Waals surface area contributed by atoms with Gasteiger partial charge in [-0.05, 0) is 26.0 Å². The van der Waals surface area contributed by atoms with E-state index in [0.29, 0.717) is 6.07 Å². The Morgan fingerprint density at radius 2 is 1.81 bits per heavy atom. The summed E-state index contributed by atoms with van der Waals surface area (Å²) in [5.74, 6) is -5.44. The van der Waals surface area contributed by atoms with E-state index in [2.05, 4.69) is 0 Å². The molecule has 0 saturated carbocycles. The van der Waals surface area contributed by atoms with Crippen molar-refractivity contribution in [2.45, 2.75) is 19.4 Å². The molecule has 2 N–H and O–H groups in total. The molecule has 0 unspecified atom stereocenters. The van der Waals surface area contributed by atoms with Crippen molar-refractivity contribution in [1.82, 2.24) is 0 Å². The number of hydrogen-bond acceptors (Lipinski definition) is 2. The molecule has 0 atom stereocenters. The molecule has 0 spiro atoms. The van der Waals surface area contributed by atoms with Crippen molar-refractivity contribution in [3.63, 3.8) is 0 Å². The van der Waals surface area contributed by atoms with Gasteiger partial charge >= 0.3 is 0 Å². The summed E-state index contributed by atoms with van der Waals surface area (Å²) in [5.41, 5.74) is -2.26. The average Bonchev–Trinajstić information content (AvgIpc) is 2.17. The van der Waals surface area contributed by atoms with E-state index in [4.69, 9.17) is 0 Å². The molecule has 3 nitrogen and oxygen atoms in total. The van der Waals surface area contributed by atoms with Crippen LogP contribution in [0.5, 0.6) is 0 Å². The van der Waals surface area contributed by atoms with Gasteiger partial charge in [-0.15, -0.1) is 0 Å². The van der Waals surface area contributed by atoms with E-state index < -0.39 is 34.6 Å². The first-order valence-corrected chi connectivity index (χ1v) is 4.41. The van der Waals surface area contributed by atoms with Gasteiger partial charge in [0.15, 0.2) is 17.5 Å². The van der Waals surface area contributed by atoms with Crippen molar-refractivity contribution >= 4 is 11.6 Å². The molecule has 1 rings (SSSR count). The van der Waals surface area contributed by atoms with E-state index in [1.165, 1.54) is 13.8 Å². The lowest BCUT2D eigenvalue weighted by Gasteiger charge is -2.16. The van der Waals surface area contributed by atoms with Gasteiger partial charge < -0.3 is 10.4 Å². The van der Waals surface area contributed by atoms with Crippen LogP contribution in [0.15, 0.2) is 12.1 Å². The molecule has 0 aliphatic heterocycles. The van der Waals surface area contributed by atoms with E-state index in [-0.39, 0.29) is 0 Å². The van der Waals surface area contributed by atoms with Gasteiger partial charge in [0.1, 0.15) is 5.60 Å². The maximum atomic E-state index is 13.1. The molecule has 0 aliphatic carbocycles. The molecule has 0 bridgehead atoms. The Bertz CT molecular complexity index is 427. The molecule has 1 aromatic carbocycles. The number of aliphatic hydroxyl groups is 1. The van der Waals surface area contributed by atoms with Gasteiger partial charge in [-0.2, -0.15) is 0 Å². The highest BCUT2D eigenvalue weighted by molar-refractivity contribution is 5.96. The number of carbonyl (C=O) groups is 1. The predicted molar refractivity (Wildman–Crippen MR) is 51.2 cm³/mol. The van der Waals surface area contributed by atoms with Crippen molar-refractivity contribution in [2.75, 3.05) is 5.32 Å². The first-order valence-electron chi connectivity index (χ1n) is 4.41. The van der Waals surface area contributed by atoms with Gasteiger partial charge in [0.05, 0.1) is 5.69 Å². The fourth-order valence-electron chi connectivity index (χ4n) is 0.898. The minimum absolute atomic E-state index is 0.522. The molecule has 1 aromatic rings. The van der Waals surface area contributed by atoms with Crippen LogP contribution in [0.4, 0.5) is 18.9 Å². The molecule has 0 saturated heterocycles. The molecule has 0 fully saturated rings. The summed E-state index contributed by atoms with van der Waals surface area (Å²) in [4.78, 5) is 11.2. The average molecular weight is 233 g/mol. The van der Waals surface area contributed by atoms with Crippen molar-refractivity contribution in [3.8, 4) is 0 Å². The zero-order valence-corrected chi connectivity index (χ0v) is 8.64. The van der Waals surface area contributed by atoms with E-state index >= 15 is 0 Å². The Morgan fingerprint density at radius 3 is 2.31 bits per heavy atom. The van der Waals surface area contributed by atoms with Gasteiger partial charge in [0, 0.05) is 0 Å². The summed E-state index contributed by atoms with van der Waals surface area (Å²) in [6.45, 7) is 2.36. The highest BCUT2D eigenvalue weighted by Gasteiger charge is 2.25. The first-order chi connectivity index (χ1) is 7.23. The third-order valence-electron chi connectivity index (χ3n) is 1.84. The smallest absolute Gasteiger partial charge is 0.255 e. The normalized spacial score (nSPS) is 11.4. The number of carbonyl (C=O) groups excluding carboxylic acids is 1. The van der Waals surface area contributed by atoms with Gasteiger partial charge in [-0.25, -0.2) is 13.2 Å². The summed E-state index contributed by atoms with van der Waals surface area (Å²) >= 11 is 0. The van der Waals surface area contributed by atoms with E-state index in [1.54, 1.807) is 0 Å². The maximum absolute atomic E-state index is 13.1. The summed E-state index contributed by atoms with van der Waals surface area (Å²) < 4.78 is 38.4. The highest BCUT2D eigenvalue weighted by Crippen LogP contribution is 2.20. The predicted octanol–water partition coefficient (Wildman–Crippen LogP) is 1.81. The Labute approximate surface area is 89.9 Å². The van der Waals surface area contributed by atoms with E-state index in [0.717, 1.165) is 6.07 Å². The molecule has 6 heteroatoms. The van der Waals surface area contributed by atoms with Crippen LogP contribution in [0.3, 0.4) is 0 Å². The second kappa shape index (κ2) is 4.13. The zero-order chi connectivity index (χ0) is 12.5. The Hall–Kier alpha value is -1.56. The molecule has 0 heterocycles. The lowest BCUT2D eigenvalue weighted by molar-refractivity contribution is -0.130. The molecule has 0 aliphatic rings. The van der Waals surface area contributed by atoms with Crippen LogP contribution in [-0.2, 0) is 4.79 Å². The Kier molecular flexibility index (Phi) is 3.23. The second-order valence-electron chi connectivity index (χ2n) is 3.74. The first kappa shape index (κ1) is 12.5. The second-order valence-corrected chi connectivity index (χ2v) is 3.74. The van der Waals surface area contributed by atoms with Crippen LogP contribution >= 0.6 is 0 Å². The fourth-order valence-corrected chi connectivity index (χ4v) is 0.898. The Balaban J connectivity index is 3.00. The number of rotatable bonds is 2. The van der Waals surface area contributed by atoms with Crippen LogP contribution in [-0.4, -0.2) is 16.6 Å². The van der Waals surface area contributed by atoms with Gasteiger partial charge in [0.2, 0.25) is 0 Å². The lowest BCUT2D eigenvalue weighted by atomic mass is 10.1. The summed E-state index contributed by atoms with van der Waals surface area (Å²) in [5, 5.41) is 11.2. The Morgan fingerprint density at radius 1 is 1.25 bits per heavy atom. The molecule has 0 aromatic heterocycles. The SMILES string of the molecule is CC(C)(O)C(=O)Nc1ccc(F)c(F)c1F. The molecule has 16 heavy (non-hydrogen) atoms. The topological polar surface area (TPSA) is 49.3 Å². The third-order valence-corrected chi connectivity index (χ3v) is 1.84. The molecule has 88 valence electrons. The third kappa shape index (κ3) is 2.52. The van der Waals surface area contributed by atoms with Crippen molar-refractivity contribution in [3.05, 3.63) is 29.6 Å². The van der Waals surface area contributed by atoms with Crippen molar-refractivity contribution < 1.29 is 23.1 Å². The number of benzene rings is 1. The molecular weight excluding hydrogens is 223 g/mol. The standard InChI is InChI=1S/C10H10F3NO2/c1-10(2,16)9(15)14-6-4-3-5(11)7(12)8(6)13/h3-4,16H,1-2H3,(H,14,15). The number of hydrogen-bond donors (Lipinski definition) is 2. The lowest BCUT2D eigenvalue weighted by Crippen LogP contribution is -2.37. The highest BCUT2D eigenvalue weighted by atomic mass is 19.2. The summed E-state index contributed by atoms with van der Waals surface area (Å²) in [6.07, 6.45) is 0. The molecule has 0 radical (unpaired) electrons. The van der Waals surface area contributed by atoms with Crippen LogP contribution in [0.25, 0.3) is 0 Å². The fraction of sp³-hybridized carbons (Fsp3) is 0.300. The van der Waals surface area contributed by atoms with Gasteiger partial charge in [0.25, 0.3) is 5.91 Å². The van der Waals surface area contributed by atoms with Crippen LogP contribution in [0.2, 0.25) is 0 Å². The molecular formula is C10H10F3NO2. The number of anilines is 1. The molecule has 1 amide bonds. The maximum Gasteiger partial charge on any atom is 0.255 e. The van der Waals surface area contributed by atoms with Crippen LogP contribution in [0.1, 0.15) is 13.8 Å². The number of halogens is 3. The number of amides is 1. The minimum atomic E-state index is -1.74.